The Morgan fingerprint density at radius 1 is 1.59 bits per heavy atom. The number of aliphatic hydroxyl groups excluding tert-OH is 1. The highest BCUT2D eigenvalue weighted by Gasteiger charge is 2.25. The molecule has 2 heterocycles. The Kier molecular flexibility index (Phi) is 8.81. The summed E-state index contributed by atoms with van der Waals surface area (Å²) in [6.07, 6.45) is 2.76. The Bertz CT molecular complexity index is 488. The van der Waals surface area contributed by atoms with E-state index in [1.54, 1.807) is 6.20 Å². The van der Waals surface area contributed by atoms with E-state index in [1.165, 1.54) is 0 Å². The van der Waals surface area contributed by atoms with Gasteiger partial charge in [-0.25, -0.2) is 4.98 Å². The summed E-state index contributed by atoms with van der Waals surface area (Å²) >= 11 is 6.19. The number of anilines is 1. The van der Waals surface area contributed by atoms with Crippen molar-refractivity contribution in [1.29, 1.82) is 0 Å². The number of halogens is 2. The number of guanidine groups is 1. The van der Waals surface area contributed by atoms with Crippen LogP contribution in [0.2, 0.25) is 5.02 Å². The number of aliphatic imine (C=N–C) groups is 1. The van der Waals surface area contributed by atoms with E-state index in [0.29, 0.717) is 17.6 Å². The third-order valence-electron chi connectivity index (χ3n) is 3.28. The summed E-state index contributed by atoms with van der Waals surface area (Å²) in [5.41, 5.74) is 0. The summed E-state index contributed by atoms with van der Waals surface area (Å²) < 4.78 is 0. The van der Waals surface area contributed by atoms with Crippen LogP contribution in [-0.4, -0.2) is 54.9 Å². The van der Waals surface area contributed by atoms with Gasteiger partial charge in [-0.1, -0.05) is 11.6 Å². The van der Waals surface area contributed by atoms with Crippen LogP contribution in [0.4, 0.5) is 5.82 Å². The summed E-state index contributed by atoms with van der Waals surface area (Å²) in [6, 6.07) is 3.99. The number of hydrogen-bond acceptors (Lipinski definition) is 4. The molecule has 0 saturated carbocycles. The average Bonchev–Trinajstić information content (AvgIpc) is 2.94. The van der Waals surface area contributed by atoms with Gasteiger partial charge in [0.2, 0.25) is 0 Å². The number of aromatic nitrogens is 1. The van der Waals surface area contributed by atoms with Gasteiger partial charge in [0, 0.05) is 31.9 Å². The predicted molar refractivity (Wildman–Crippen MR) is 101 cm³/mol. The van der Waals surface area contributed by atoms with Crippen molar-refractivity contribution in [1.82, 2.24) is 15.6 Å². The molecule has 1 aromatic rings. The Morgan fingerprint density at radius 2 is 2.41 bits per heavy atom. The second-order valence-corrected chi connectivity index (χ2v) is 5.28. The monoisotopic (exact) mass is 439 g/mol. The van der Waals surface area contributed by atoms with Crippen molar-refractivity contribution in [2.45, 2.75) is 19.4 Å². The fraction of sp³-hybridized carbons (Fsp3) is 0.571. The van der Waals surface area contributed by atoms with Crippen LogP contribution in [0.3, 0.4) is 0 Å². The Morgan fingerprint density at radius 3 is 3.09 bits per heavy atom. The first-order valence-electron chi connectivity index (χ1n) is 7.25. The number of hydrogen-bond donors (Lipinski definition) is 3. The van der Waals surface area contributed by atoms with Crippen molar-refractivity contribution in [2.75, 3.05) is 37.7 Å². The van der Waals surface area contributed by atoms with E-state index in [4.69, 9.17) is 16.7 Å². The van der Waals surface area contributed by atoms with E-state index in [9.17, 15) is 0 Å². The zero-order valence-corrected chi connectivity index (χ0v) is 15.7. The van der Waals surface area contributed by atoms with Crippen LogP contribution >= 0.6 is 35.6 Å². The van der Waals surface area contributed by atoms with Crippen molar-refractivity contribution >= 4 is 47.4 Å². The molecule has 8 heteroatoms. The van der Waals surface area contributed by atoms with E-state index in [-0.39, 0.29) is 30.6 Å². The molecule has 1 aromatic heterocycles. The molecule has 1 saturated heterocycles. The normalized spacial score (nSPS) is 18.0. The molecule has 0 bridgehead atoms. The molecule has 6 nitrogen and oxygen atoms in total. The minimum Gasteiger partial charge on any atom is -0.394 e. The number of aliphatic hydroxyl groups is 1. The van der Waals surface area contributed by atoms with Crippen molar-refractivity contribution in [3.05, 3.63) is 23.4 Å². The first-order valence-corrected chi connectivity index (χ1v) is 7.63. The zero-order chi connectivity index (χ0) is 15.1. The summed E-state index contributed by atoms with van der Waals surface area (Å²) in [7, 11) is 0. The van der Waals surface area contributed by atoms with Crippen LogP contribution in [0.5, 0.6) is 0 Å². The lowest BCUT2D eigenvalue weighted by atomic mass is 10.3. The van der Waals surface area contributed by atoms with Crippen molar-refractivity contribution in [2.24, 2.45) is 4.99 Å². The maximum Gasteiger partial charge on any atom is 0.191 e. The number of nitrogens with zero attached hydrogens (tertiary/aromatic N) is 3. The van der Waals surface area contributed by atoms with Crippen LogP contribution in [-0.2, 0) is 0 Å². The number of pyridine rings is 1. The minimum absolute atomic E-state index is 0. The minimum atomic E-state index is 0. The smallest absolute Gasteiger partial charge is 0.191 e. The molecule has 0 aliphatic carbocycles. The summed E-state index contributed by atoms with van der Waals surface area (Å²) in [5.74, 6) is 1.58. The molecule has 2 rings (SSSR count). The highest BCUT2D eigenvalue weighted by molar-refractivity contribution is 14.0. The molecule has 1 unspecified atom stereocenters. The quantitative estimate of drug-likeness (QED) is 0.368. The molecule has 1 aliphatic heterocycles. The maximum atomic E-state index is 8.87. The first kappa shape index (κ1) is 19.2. The van der Waals surface area contributed by atoms with Crippen LogP contribution in [0.15, 0.2) is 23.3 Å². The molecule has 3 N–H and O–H groups in total. The van der Waals surface area contributed by atoms with Gasteiger partial charge in [-0.05, 0) is 25.5 Å². The maximum absolute atomic E-state index is 8.87. The third-order valence-corrected chi connectivity index (χ3v) is 3.58. The van der Waals surface area contributed by atoms with Gasteiger partial charge in [0.15, 0.2) is 5.96 Å². The second kappa shape index (κ2) is 10.1. The molecule has 1 aliphatic rings. The fourth-order valence-electron chi connectivity index (χ4n) is 2.36. The van der Waals surface area contributed by atoms with Crippen molar-refractivity contribution < 1.29 is 5.11 Å². The van der Waals surface area contributed by atoms with Crippen LogP contribution in [0.1, 0.15) is 13.3 Å². The first-order chi connectivity index (χ1) is 10.2. The summed E-state index contributed by atoms with van der Waals surface area (Å²) in [4.78, 5) is 10.8. The molecule has 22 heavy (non-hydrogen) atoms. The van der Waals surface area contributed by atoms with Gasteiger partial charge in [0.25, 0.3) is 0 Å². The average molecular weight is 440 g/mol. The second-order valence-electron chi connectivity index (χ2n) is 4.87. The predicted octanol–water partition coefficient (Wildman–Crippen LogP) is 1.48. The van der Waals surface area contributed by atoms with Gasteiger partial charge in [0.05, 0.1) is 18.2 Å². The van der Waals surface area contributed by atoms with E-state index in [0.717, 1.165) is 37.8 Å². The van der Waals surface area contributed by atoms with Crippen LogP contribution in [0.25, 0.3) is 0 Å². The summed E-state index contributed by atoms with van der Waals surface area (Å²) in [5, 5.41) is 16.1. The SMILES string of the molecule is CCNC(=NCCO)NC1CCN(c2ncccc2Cl)C1.I. The molecule has 1 fully saturated rings. The van der Waals surface area contributed by atoms with Gasteiger partial charge >= 0.3 is 0 Å². The lowest BCUT2D eigenvalue weighted by molar-refractivity contribution is 0.306. The molecule has 0 spiro atoms. The highest BCUT2D eigenvalue weighted by atomic mass is 127. The third kappa shape index (κ3) is 5.44. The summed E-state index contributed by atoms with van der Waals surface area (Å²) in [6.45, 7) is 5.01. The van der Waals surface area contributed by atoms with Gasteiger partial charge in [-0.3, -0.25) is 4.99 Å². The van der Waals surface area contributed by atoms with E-state index in [2.05, 4.69) is 25.5 Å². The molecular weight excluding hydrogens is 417 g/mol. The van der Waals surface area contributed by atoms with Gasteiger partial charge in [0.1, 0.15) is 5.82 Å². The molecule has 0 radical (unpaired) electrons. The zero-order valence-electron chi connectivity index (χ0n) is 12.6. The molecule has 124 valence electrons. The lowest BCUT2D eigenvalue weighted by Gasteiger charge is -2.20. The van der Waals surface area contributed by atoms with Crippen molar-refractivity contribution in [3.63, 3.8) is 0 Å². The standard InChI is InChI=1S/C14H22ClN5O.HI/c1-2-16-14(18-7-9-21)19-11-5-8-20(10-11)13-12(15)4-3-6-17-13;/h3-4,6,11,21H,2,5,7-10H2,1H3,(H2,16,18,19);1H. The Hall–Kier alpha value is -0.800. The van der Waals surface area contributed by atoms with E-state index < -0.39 is 0 Å². The van der Waals surface area contributed by atoms with E-state index >= 15 is 0 Å². The number of nitrogens with one attached hydrogen (secondary N) is 2. The van der Waals surface area contributed by atoms with Gasteiger partial charge in [-0.2, -0.15) is 0 Å². The van der Waals surface area contributed by atoms with Gasteiger partial charge < -0.3 is 20.6 Å². The highest BCUT2D eigenvalue weighted by Crippen LogP contribution is 2.25. The lowest BCUT2D eigenvalue weighted by Crippen LogP contribution is -2.44. The molecule has 0 aromatic carbocycles. The van der Waals surface area contributed by atoms with Crippen LogP contribution in [0, 0.1) is 0 Å². The van der Waals surface area contributed by atoms with Gasteiger partial charge in [-0.15, -0.1) is 24.0 Å². The topological polar surface area (TPSA) is 72.8 Å². The molecular formula is C14H23ClIN5O. The Balaban J connectivity index is 0.00000242. The van der Waals surface area contributed by atoms with E-state index in [1.807, 2.05) is 19.1 Å². The van der Waals surface area contributed by atoms with Crippen molar-refractivity contribution in [3.8, 4) is 0 Å². The largest absolute Gasteiger partial charge is 0.394 e. The molecule has 1 atom stereocenters. The van der Waals surface area contributed by atoms with Crippen LogP contribution < -0.4 is 15.5 Å². The Labute approximate surface area is 153 Å². The number of rotatable bonds is 5. The fourth-order valence-corrected chi connectivity index (χ4v) is 2.60. The molecule has 0 amide bonds.